The predicted molar refractivity (Wildman–Crippen MR) is 31.6 cm³/mol. The summed E-state index contributed by atoms with van der Waals surface area (Å²) in [7, 11) is 1.23. The number of nitrogens with one attached hydrogen (secondary N) is 1. The molecule has 6 heteroatoms. The van der Waals surface area contributed by atoms with Gasteiger partial charge in [0.15, 0.2) is 0 Å². The lowest BCUT2D eigenvalue weighted by Gasteiger charge is -2.13. The maximum absolute atomic E-state index is 10.8. The van der Waals surface area contributed by atoms with Gasteiger partial charge in [-0.25, -0.2) is 4.79 Å². The smallest absolute Gasteiger partial charge is 0.350 e. The largest absolute Gasteiger partial charge is 0.466 e. The molecule has 0 aromatic carbocycles. The van der Waals surface area contributed by atoms with Crippen LogP contribution in [0.3, 0.4) is 0 Å². The topological polar surface area (TPSA) is 85.9 Å². The monoisotopic (exact) mass is 145 g/mol. The van der Waals surface area contributed by atoms with Gasteiger partial charge in [-0.2, -0.15) is 0 Å². The van der Waals surface area contributed by atoms with Crippen molar-refractivity contribution in [3.63, 3.8) is 0 Å². The molecule has 0 spiro atoms. The van der Waals surface area contributed by atoms with E-state index in [1.807, 2.05) is 0 Å². The van der Waals surface area contributed by atoms with Gasteiger partial charge < -0.3 is 4.74 Å². The van der Waals surface area contributed by atoms with E-state index in [4.69, 9.17) is 5.73 Å². The van der Waals surface area contributed by atoms with Crippen molar-refractivity contribution in [2.75, 3.05) is 7.11 Å². The first kappa shape index (κ1) is 6.97. The number of rotatable bonds is 1. The second-order valence-corrected chi connectivity index (χ2v) is 1.79. The van der Waals surface area contributed by atoms with Crippen LogP contribution in [0.4, 0.5) is 0 Å². The first-order valence-corrected chi connectivity index (χ1v) is 2.54. The van der Waals surface area contributed by atoms with Crippen molar-refractivity contribution in [3.8, 4) is 0 Å². The molecular weight excluding hydrogens is 138 g/mol. The molecule has 1 atom stereocenters. The normalized spacial score (nSPS) is 29.8. The Morgan fingerprint density at radius 3 is 3.10 bits per heavy atom. The molecule has 1 unspecified atom stereocenters. The third-order valence-electron chi connectivity index (χ3n) is 1.05. The van der Waals surface area contributed by atoms with E-state index < -0.39 is 11.6 Å². The number of nitrogens with two attached hydrogens (primary N) is 1. The van der Waals surface area contributed by atoms with E-state index >= 15 is 0 Å². The van der Waals surface area contributed by atoms with Gasteiger partial charge >= 0.3 is 5.97 Å². The maximum Gasteiger partial charge on any atom is 0.350 e. The fraction of sp³-hybridized carbons (Fsp3) is 0.500. The Kier molecular flexibility index (Phi) is 1.56. The summed E-state index contributed by atoms with van der Waals surface area (Å²) in [5.41, 5.74) is 6.10. The number of hydrogen-bond acceptors (Lipinski definition) is 6. The van der Waals surface area contributed by atoms with E-state index in [9.17, 15) is 4.79 Å². The van der Waals surface area contributed by atoms with E-state index in [2.05, 4.69) is 20.3 Å². The van der Waals surface area contributed by atoms with Gasteiger partial charge in [0, 0.05) is 0 Å². The van der Waals surface area contributed by atoms with E-state index in [1.165, 1.54) is 7.11 Å². The van der Waals surface area contributed by atoms with Crippen molar-refractivity contribution in [1.29, 1.82) is 0 Å². The van der Waals surface area contributed by atoms with Gasteiger partial charge in [0.2, 0.25) is 5.66 Å². The van der Waals surface area contributed by atoms with Crippen molar-refractivity contribution in [3.05, 3.63) is 0 Å². The predicted octanol–water partition coefficient (Wildman–Crippen LogP) is -1.66. The molecule has 0 aromatic rings. The number of nitrogens with zero attached hydrogens (tertiary/aromatic N) is 1. The molecule has 0 fully saturated rings. The Morgan fingerprint density at radius 1 is 2.00 bits per heavy atom. The van der Waals surface area contributed by atoms with Gasteiger partial charge in [-0.15, -0.1) is 0 Å². The number of oxime groups is 1. The molecule has 0 saturated carbocycles. The number of esters is 1. The van der Waals surface area contributed by atoms with Crippen LogP contribution < -0.4 is 11.2 Å². The zero-order chi connectivity index (χ0) is 7.61. The second kappa shape index (κ2) is 2.24. The standard InChI is InChI=1S/C4H7N3O3/c1-9-3(8)4(5)2-6-10-7-4/h2,7H,5H2,1H3. The number of hydrogen-bond donors (Lipinski definition) is 2. The minimum absolute atomic E-state index is 0.645. The van der Waals surface area contributed by atoms with Crippen LogP contribution in [0.1, 0.15) is 0 Å². The summed E-state index contributed by atoms with van der Waals surface area (Å²) in [4.78, 5) is 15.0. The number of carbonyl (C=O) groups is 1. The Morgan fingerprint density at radius 2 is 2.70 bits per heavy atom. The summed E-state index contributed by atoms with van der Waals surface area (Å²) in [5.74, 6) is -0.645. The van der Waals surface area contributed by atoms with Crippen LogP contribution in [0.2, 0.25) is 0 Å². The lowest BCUT2D eigenvalue weighted by atomic mass is 10.2. The van der Waals surface area contributed by atoms with Gasteiger partial charge in [-0.05, 0) is 0 Å². The number of methoxy groups -OCH3 is 1. The van der Waals surface area contributed by atoms with Gasteiger partial charge in [0.25, 0.3) is 0 Å². The van der Waals surface area contributed by atoms with Crippen molar-refractivity contribution in [2.24, 2.45) is 10.9 Å². The van der Waals surface area contributed by atoms with E-state index in [0.29, 0.717) is 0 Å². The van der Waals surface area contributed by atoms with Crippen molar-refractivity contribution < 1.29 is 14.5 Å². The van der Waals surface area contributed by atoms with Crippen molar-refractivity contribution >= 4 is 12.2 Å². The molecule has 3 N–H and O–H groups in total. The van der Waals surface area contributed by atoms with Crippen LogP contribution in [0.5, 0.6) is 0 Å². The molecule has 0 radical (unpaired) electrons. The van der Waals surface area contributed by atoms with Crippen LogP contribution in [-0.4, -0.2) is 25.0 Å². The third-order valence-corrected chi connectivity index (χ3v) is 1.05. The quantitative estimate of drug-likeness (QED) is 0.431. The molecule has 10 heavy (non-hydrogen) atoms. The molecule has 1 aliphatic rings. The van der Waals surface area contributed by atoms with Gasteiger partial charge in [-0.3, -0.25) is 10.7 Å². The highest BCUT2D eigenvalue weighted by Gasteiger charge is 2.38. The number of ether oxygens (including phenoxy) is 1. The zero-order valence-corrected chi connectivity index (χ0v) is 5.33. The first-order chi connectivity index (χ1) is 4.69. The first-order valence-electron chi connectivity index (χ1n) is 2.54. The van der Waals surface area contributed by atoms with Crippen molar-refractivity contribution in [1.82, 2.24) is 5.48 Å². The molecule has 1 rings (SSSR count). The SMILES string of the molecule is COC(=O)C1(N)C=NON1. The Bertz CT molecular complexity index is 181. The van der Waals surface area contributed by atoms with E-state index in [1.54, 1.807) is 0 Å². The molecule has 0 bridgehead atoms. The van der Waals surface area contributed by atoms with E-state index in [0.717, 1.165) is 6.21 Å². The summed E-state index contributed by atoms with van der Waals surface area (Å²) < 4.78 is 4.34. The van der Waals surface area contributed by atoms with Gasteiger partial charge in [0.1, 0.15) is 0 Å². The van der Waals surface area contributed by atoms with Crippen LogP contribution in [0.15, 0.2) is 5.16 Å². The Labute approximate surface area is 56.9 Å². The fourth-order valence-corrected chi connectivity index (χ4v) is 0.501. The number of carbonyl (C=O) groups excluding carboxylic acids is 1. The second-order valence-electron chi connectivity index (χ2n) is 1.79. The molecule has 0 saturated heterocycles. The highest BCUT2D eigenvalue weighted by atomic mass is 16.8. The molecular formula is C4H7N3O3. The minimum atomic E-state index is -1.42. The Balaban J connectivity index is 2.68. The molecule has 0 aromatic heterocycles. The highest BCUT2D eigenvalue weighted by molar-refractivity contribution is 5.99. The number of hydroxylamine groups is 1. The molecule has 1 aliphatic heterocycles. The lowest BCUT2D eigenvalue weighted by Crippen LogP contribution is -2.58. The fourth-order valence-electron chi connectivity index (χ4n) is 0.501. The van der Waals surface area contributed by atoms with Crippen LogP contribution in [0, 0.1) is 0 Å². The average Bonchev–Trinajstić information content (AvgIpc) is 2.36. The van der Waals surface area contributed by atoms with Gasteiger partial charge in [-0.1, -0.05) is 10.6 Å². The molecule has 0 aliphatic carbocycles. The molecule has 6 nitrogen and oxygen atoms in total. The summed E-state index contributed by atoms with van der Waals surface area (Å²) in [5, 5.41) is 3.24. The molecule has 0 amide bonds. The van der Waals surface area contributed by atoms with Crippen LogP contribution in [0.25, 0.3) is 0 Å². The minimum Gasteiger partial charge on any atom is -0.466 e. The summed E-state index contributed by atoms with van der Waals surface area (Å²) in [6, 6.07) is 0. The zero-order valence-electron chi connectivity index (χ0n) is 5.33. The summed E-state index contributed by atoms with van der Waals surface area (Å²) >= 11 is 0. The Hall–Kier alpha value is -1.14. The third kappa shape index (κ3) is 0.937. The van der Waals surface area contributed by atoms with Crippen molar-refractivity contribution in [2.45, 2.75) is 5.66 Å². The maximum atomic E-state index is 10.8. The van der Waals surface area contributed by atoms with E-state index in [-0.39, 0.29) is 0 Å². The van der Waals surface area contributed by atoms with Gasteiger partial charge in [0.05, 0.1) is 13.3 Å². The summed E-state index contributed by atoms with van der Waals surface area (Å²) in [6.45, 7) is 0. The van der Waals surface area contributed by atoms with Crippen LogP contribution >= 0.6 is 0 Å². The average molecular weight is 145 g/mol. The van der Waals surface area contributed by atoms with Crippen LogP contribution in [-0.2, 0) is 14.5 Å². The summed E-state index contributed by atoms with van der Waals surface area (Å²) in [6.07, 6.45) is 1.12. The lowest BCUT2D eigenvalue weighted by molar-refractivity contribution is -0.149. The highest BCUT2D eigenvalue weighted by Crippen LogP contribution is 2.00. The molecule has 1 heterocycles. The molecule has 56 valence electrons.